The molecule has 20 heavy (non-hydrogen) atoms. The van der Waals surface area contributed by atoms with Gasteiger partial charge in [0.25, 0.3) is 0 Å². The average molecular weight is 273 g/mol. The molecule has 0 aromatic carbocycles. The van der Waals surface area contributed by atoms with Gasteiger partial charge in [-0.15, -0.1) is 6.58 Å². The fourth-order valence-electron chi connectivity index (χ4n) is 3.21. The highest BCUT2D eigenvalue weighted by Gasteiger charge is 2.35. The van der Waals surface area contributed by atoms with Gasteiger partial charge < -0.3 is 10.0 Å². The number of aromatic nitrogens is 2. The third-order valence-electron chi connectivity index (χ3n) is 4.57. The Morgan fingerprint density at radius 1 is 1.45 bits per heavy atom. The van der Waals surface area contributed by atoms with Crippen molar-refractivity contribution in [1.82, 2.24) is 9.97 Å². The summed E-state index contributed by atoms with van der Waals surface area (Å²) >= 11 is 0. The molecule has 1 aromatic heterocycles. The van der Waals surface area contributed by atoms with Crippen LogP contribution in [0.5, 0.6) is 0 Å². The van der Waals surface area contributed by atoms with Crippen LogP contribution in [0.2, 0.25) is 0 Å². The zero-order chi connectivity index (χ0) is 14.0. The molecule has 2 fully saturated rings. The van der Waals surface area contributed by atoms with Crippen LogP contribution < -0.4 is 4.90 Å². The molecule has 2 heterocycles. The first-order valence-corrected chi connectivity index (χ1v) is 7.55. The topological polar surface area (TPSA) is 49.2 Å². The van der Waals surface area contributed by atoms with Crippen LogP contribution in [-0.4, -0.2) is 34.8 Å². The zero-order valence-corrected chi connectivity index (χ0v) is 12.0. The SMILES string of the molecule is C=CC[C@]1(CO)CCCN(c2cc(C3CC3)ncn2)C1. The van der Waals surface area contributed by atoms with Gasteiger partial charge in [0.1, 0.15) is 12.1 Å². The smallest absolute Gasteiger partial charge is 0.132 e. The Morgan fingerprint density at radius 2 is 2.30 bits per heavy atom. The molecule has 1 atom stereocenters. The maximum Gasteiger partial charge on any atom is 0.132 e. The Hall–Kier alpha value is -1.42. The van der Waals surface area contributed by atoms with Gasteiger partial charge in [-0.3, -0.25) is 0 Å². The van der Waals surface area contributed by atoms with E-state index in [2.05, 4.69) is 27.5 Å². The first-order chi connectivity index (χ1) is 9.76. The van der Waals surface area contributed by atoms with Crippen molar-refractivity contribution in [1.29, 1.82) is 0 Å². The molecule has 1 N–H and O–H groups in total. The molecule has 1 saturated heterocycles. The summed E-state index contributed by atoms with van der Waals surface area (Å²) in [5, 5.41) is 9.78. The highest BCUT2D eigenvalue weighted by Crippen LogP contribution is 2.40. The van der Waals surface area contributed by atoms with Gasteiger partial charge in [0.15, 0.2) is 0 Å². The van der Waals surface area contributed by atoms with Crippen LogP contribution >= 0.6 is 0 Å². The summed E-state index contributed by atoms with van der Waals surface area (Å²) in [5.74, 6) is 1.67. The first-order valence-electron chi connectivity index (χ1n) is 7.55. The second kappa shape index (κ2) is 5.52. The standard InChI is InChI=1S/C16H23N3O/c1-2-6-16(11-20)7-3-8-19(10-16)15-9-14(13-4-5-13)17-12-18-15/h2,9,12-13,20H,1,3-8,10-11H2/t16-/m0/s1. The van der Waals surface area contributed by atoms with Crippen molar-refractivity contribution in [2.75, 3.05) is 24.6 Å². The lowest BCUT2D eigenvalue weighted by Crippen LogP contribution is -2.45. The summed E-state index contributed by atoms with van der Waals surface area (Å²) in [6, 6.07) is 2.14. The monoisotopic (exact) mass is 273 g/mol. The van der Waals surface area contributed by atoms with E-state index in [0.717, 1.165) is 38.2 Å². The molecule has 0 spiro atoms. The van der Waals surface area contributed by atoms with Gasteiger partial charge in [-0.2, -0.15) is 0 Å². The molecule has 4 nitrogen and oxygen atoms in total. The lowest BCUT2D eigenvalue weighted by atomic mass is 9.78. The van der Waals surface area contributed by atoms with Gasteiger partial charge in [-0.05, 0) is 32.1 Å². The minimum atomic E-state index is -0.0509. The molecule has 0 radical (unpaired) electrons. The molecular formula is C16H23N3O. The molecule has 3 rings (SSSR count). The predicted octanol–water partition coefficient (Wildman–Crippen LogP) is 2.51. The zero-order valence-electron chi connectivity index (χ0n) is 12.0. The summed E-state index contributed by atoms with van der Waals surface area (Å²) in [6.45, 7) is 5.93. The van der Waals surface area contributed by atoms with Crippen molar-refractivity contribution >= 4 is 5.82 Å². The maximum absolute atomic E-state index is 9.78. The van der Waals surface area contributed by atoms with Crippen LogP contribution in [0.3, 0.4) is 0 Å². The van der Waals surface area contributed by atoms with Gasteiger partial charge in [0, 0.05) is 36.2 Å². The van der Waals surface area contributed by atoms with Crippen LogP contribution in [0.1, 0.15) is 43.7 Å². The summed E-state index contributed by atoms with van der Waals surface area (Å²) in [6.07, 6.45) is 9.15. The van der Waals surface area contributed by atoms with Crippen molar-refractivity contribution in [3.63, 3.8) is 0 Å². The van der Waals surface area contributed by atoms with Crippen LogP contribution in [-0.2, 0) is 0 Å². The van der Waals surface area contributed by atoms with E-state index in [1.165, 1.54) is 18.5 Å². The number of aliphatic hydroxyl groups is 1. The summed E-state index contributed by atoms with van der Waals surface area (Å²) in [5.41, 5.74) is 1.13. The van der Waals surface area contributed by atoms with E-state index in [9.17, 15) is 5.11 Å². The predicted molar refractivity (Wildman–Crippen MR) is 79.8 cm³/mol. The number of hydrogen-bond acceptors (Lipinski definition) is 4. The quantitative estimate of drug-likeness (QED) is 0.837. The van der Waals surface area contributed by atoms with Crippen LogP contribution in [0.25, 0.3) is 0 Å². The molecule has 2 aliphatic rings. The molecule has 0 unspecified atom stereocenters. The second-order valence-electron chi connectivity index (χ2n) is 6.25. The largest absolute Gasteiger partial charge is 0.396 e. The Kier molecular flexibility index (Phi) is 3.74. The van der Waals surface area contributed by atoms with Gasteiger partial charge in [-0.25, -0.2) is 9.97 Å². The number of rotatable bonds is 5. The lowest BCUT2D eigenvalue weighted by Gasteiger charge is -2.42. The van der Waals surface area contributed by atoms with Crippen molar-refractivity contribution in [3.8, 4) is 0 Å². The fourth-order valence-corrected chi connectivity index (χ4v) is 3.21. The normalized spacial score (nSPS) is 26.6. The summed E-state index contributed by atoms with van der Waals surface area (Å²) in [4.78, 5) is 11.1. The van der Waals surface area contributed by atoms with E-state index < -0.39 is 0 Å². The van der Waals surface area contributed by atoms with E-state index >= 15 is 0 Å². The van der Waals surface area contributed by atoms with Gasteiger partial charge in [0.2, 0.25) is 0 Å². The van der Waals surface area contributed by atoms with Gasteiger partial charge in [0.05, 0.1) is 6.61 Å². The van der Waals surface area contributed by atoms with Crippen LogP contribution in [0.4, 0.5) is 5.82 Å². The average Bonchev–Trinajstić information content (AvgIpc) is 3.33. The van der Waals surface area contributed by atoms with Crippen molar-refractivity contribution < 1.29 is 5.11 Å². The molecule has 1 saturated carbocycles. The molecule has 4 heteroatoms. The molecular weight excluding hydrogens is 250 g/mol. The van der Waals surface area contributed by atoms with E-state index in [-0.39, 0.29) is 12.0 Å². The third-order valence-corrected chi connectivity index (χ3v) is 4.57. The number of hydrogen-bond donors (Lipinski definition) is 1. The minimum Gasteiger partial charge on any atom is -0.396 e. The van der Waals surface area contributed by atoms with E-state index in [1.807, 2.05) is 6.08 Å². The minimum absolute atomic E-state index is 0.0509. The number of anilines is 1. The highest BCUT2D eigenvalue weighted by atomic mass is 16.3. The second-order valence-corrected chi connectivity index (χ2v) is 6.25. The Balaban J connectivity index is 1.78. The van der Waals surface area contributed by atoms with Crippen molar-refractivity contribution in [2.45, 2.75) is 38.0 Å². The summed E-state index contributed by atoms with van der Waals surface area (Å²) < 4.78 is 0. The van der Waals surface area contributed by atoms with Crippen LogP contribution in [0, 0.1) is 5.41 Å². The van der Waals surface area contributed by atoms with E-state index in [4.69, 9.17) is 0 Å². The molecule has 1 aliphatic heterocycles. The van der Waals surface area contributed by atoms with Crippen molar-refractivity contribution in [2.24, 2.45) is 5.41 Å². The van der Waals surface area contributed by atoms with Crippen molar-refractivity contribution in [3.05, 3.63) is 30.7 Å². The molecule has 1 aliphatic carbocycles. The van der Waals surface area contributed by atoms with Gasteiger partial charge >= 0.3 is 0 Å². The Bertz CT molecular complexity index is 486. The lowest BCUT2D eigenvalue weighted by molar-refractivity contribution is 0.108. The molecule has 0 bridgehead atoms. The fraction of sp³-hybridized carbons (Fsp3) is 0.625. The van der Waals surface area contributed by atoms with Gasteiger partial charge in [-0.1, -0.05) is 6.08 Å². The number of allylic oxidation sites excluding steroid dienone is 1. The highest BCUT2D eigenvalue weighted by molar-refractivity contribution is 5.41. The number of piperidine rings is 1. The van der Waals surface area contributed by atoms with E-state index in [0.29, 0.717) is 5.92 Å². The Labute approximate surface area is 120 Å². The first kappa shape index (κ1) is 13.6. The molecule has 108 valence electrons. The molecule has 0 amide bonds. The maximum atomic E-state index is 9.78. The van der Waals surface area contributed by atoms with E-state index in [1.54, 1.807) is 6.33 Å². The van der Waals surface area contributed by atoms with Crippen LogP contribution in [0.15, 0.2) is 25.0 Å². The number of aliphatic hydroxyl groups excluding tert-OH is 1. The molecule has 1 aromatic rings. The number of nitrogens with zero attached hydrogens (tertiary/aromatic N) is 3. The summed E-state index contributed by atoms with van der Waals surface area (Å²) in [7, 11) is 0. The third kappa shape index (κ3) is 2.70. The Morgan fingerprint density at radius 3 is 3.00 bits per heavy atom.